The molecule has 2 aromatic rings. The predicted molar refractivity (Wildman–Crippen MR) is 97.5 cm³/mol. The number of aromatic nitrogens is 1. The Morgan fingerprint density at radius 2 is 1.79 bits per heavy atom. The fourth-order valence-corrected chi connectivity index (χ4v) is 3.76. The first-order chi connectivity index (χ1) is 11.8. The number of para-hydroxylation sites is 1. The zero-order valence-corrected chi connectivity index (χ0v) is 13.8. The Balaban J connectivity index is 1.39. The summed E-state index contributed by atoms with van der Waals surface area (Å²) in [5.74, 6) is 0.0544. The predicted octanol–water partition coefficient (Wildman–Crippen LogP) is 3.49. The van der Waals surface area contributed by atoms with Crippen LogP contribution in [0.3, 0.4) is 0 Å². The highest BCUT2D eigenvalue weighted by molar-refractivity contribution is 8.16. The first-order valence-electron chi connectivity index (χ1n) is 7.84. The molecule has 120 valence electrons. The van der Waals surface area contributed by atoms with Gasteiger partial charge in [0.15, 0.2) is 0 Å². The third-order valence-corrected chi connectivity index (χ3v) is 5.52. The van der Waals surface area contributed by atoms with E-state index in [0.29, 0.717) is 6.42 Å². The van der Waals surface area contributed by atoms with E-state index < -0.39 is 4.75 Å². The zero-order chi connectivity index (χ0) is 16.4. The third kappa shape index (κ3) is 3.10. The van der Waals surface area contributed by atoms with E-state index >= 15 is 0 Å². The topological polar surface area (TPSA) is 66.7 Å². The maximum absolute atomic E-state index is 12.6. The summed E-state index contributed by atoms with van der Waals surface area (Å²) in [5.41, 5.74) is 2.79. The van der Waals surface area contributed by atoms with Gasteiger partial charge in [0, 0.05) is 30.1 Å². The molecule has 5 nitrogen and oxygen atoms in total. The van der Waals surface area contributed by atoms with Gasteiger partial charge in [-0.1, -0.05) is 30.0 Å². The van der Waals surface area contributed by atoms with Crippen LogP contribution in [0.5, 0.6) is 0 Å². The van der Waals surface area contributed by atoms with E-state index in [0.717, 1.165) is 34.8 Å². The van der Waals surface area contributed by atoms with Gasteiger partial charge >= 0.3 is 0 Å². The van der Waals surface area contributed by atoms with Crippen molar-refractivity contribution in [2.45, 2.75) is 24.0 Å². The van der Waals surface area contributed by atoms with Crippen LogP contribution in [-0.4, -0.2) is 26.4 Å². The highest BCUT2D eigenvalue weighted by Crippen LogP contribution is 2.50. The average molecular weight is 336 g/mol. The smallest absolute Gasteiger partial charge is 0.241 e. The molecule has 0 radical (unpaired) electrons. The second-order valence-corrected chi connectivity index (χ2v) is 7.33. The van der Waals surface area contributed by atoms with Gasteiger partial charge in [0.25, 0.3) is 0 Å². The number of nitrogens with one attached hydrogen (secondary N) is 1. The number of rotatable bonds is 4. The van der Waals surface area contributed by atoms with Crippen molar-refractivity contribution in [2.75, 3.05) is 5.32 Å². The van der Waals surface area contributed by atoms with E-state index in [1.54, 1.807) is 24.2 Å². The molecule has 0 spiro atoms. The summed E-state index contributed by atoms with van der Waals surface area (Å²) in [5, 5.41) is 12.4. The number of carbonyl (C=O) groups is 1. The Hall–Kier alpha value is -2.47. The molecule has 6 heteroatoms. The molecule has 2 heterocycles. The van der Waals surface area contributed by atoms with Gasteiger partial charge in [0.2, 0.25) is 5.91 Å². The molecule has 0 saturated heterocycles. The number of amides is 1. The standard InChI is InChI=1S/C18H16N4OS/c23-17(20-14-4-2-1-3-5-14)18(8-9-18)24-16-12-15(21-22-16)13-6-10-19-11-7-13/h1-7,10-11H,8-9,12H2,(H,20,23). The van der Waals surface area contributed by atoms with Crippen molar-refractivity contribution in [2.24, 2.45) is 10.2 Å². The van der Waals surface area contributed by atoms with Gasteiger partial charge < -0.3 is 5.32 Å². The minimum Gasteiger partial charge on any atom is -0.325 e. The highest BCUT2D eigenvalue weighted by atomic mass is 32.2. The Morgan fingerprint density at radius 3 is 2.50 bits per heavy atom. The number of hydrogen-bond donors (Lipinski definition) is 1. The van der Waals surface area contributed by atoms with Gasteiger partial charge in [-0.05, 0) is 37.1 Å². The number of thioether (sulfide) groups is 1. The van der Waals surface area contributed by atoms with E-state index in [1.807, 2.05) is 42.5 Å². The molecular weight excluding hydrogens is 320 g/mol. The molecule has 1 aliphatic heterocycles. The van der Waals surface area contributed by atoms with E-state index in [2.05, 4.69) is 20.5 Å². The maximum atomic E-state index is 12.6. The molecule has 1 saturated carbocycles. The Bertz CT molecular complexity index is 813. The number of benzene rings is 1. The number of anilines is 1. The summed E-state index contributed by atoms with van der Waals surface area (Å²) in [6, 6.07) is 13.4. The molecule has 0 atom stereocenters. The quantitative estimate of drug-likeness (QED) is 0.929. The minimum absolute atomic E-state index is 0.0544. The van der Waals surface area contributed by atoms with Crippen LogP contribution in [0.15, 0.2) is 65.1 Å². The van der Waals surface area contributed by atoms with Crippen molar-refractivity contribution in [1.29, 1.82) is 0 Å². The molecule has 1 N–H and O–H groups in total. The van der Waals surface area contributed by atoms with Gasteiger partial charge in [-0.25, -0.2) is 0 Å². The van der Waals surface area contributed by atoms with Crippen LogP contribution >= 0.6 is 11.8 Å². The molecule has 4 rings (SSSR count). The van der Waals surface area contributed by atoms with Crippen LogP contribution in [0.1, 0.15) is 24.8 Å². The largest absolute Gasteiger partial charge is 0.325 e. The van der Waals surface area contributed by atoms with E-state index in [1.165, 1.54) is 0 Å². The summed E-state index contributed by atoms with van der Waals surface area (Å²) < 4.78 is -0.391. The lowest BCUT2D eigenvalue weighted by atomic mass is 10.1. The van der Waals surface area contributed by atoms with Gasteiger partial charge in [-0.15, -0.1) is 5.10 Å². The van der Waals surface area contributed by atoms with Gasteiger partial charge in [-0.3, -0.25) is 9.78 Å². The zero-order valence-electron chi connectivity index (χ0n) is 13.0. The van der Waals surface area contributed by atoms with E-state index in [-0.39, 0.29) is 5.91 Å². The first-order valence-corrected chi connectivity index (χ1v) is 8.66. The van der Waals surface area contributed by atoms with Crippen LogP contribution in [0.4, 0.5) is 5.69 Å². The lowest BCUT2D eigenvalue weighted by molar-refractivity contribution is -0.116. The van der Waals surface area contributed by atoms with E-state index in [9.17, 15) is 4.79 Å². The van der Waals surface area contributed by atoms with Gasteiger partial charge in [0.1, 0.15) is 9.79 Å². The van der Waals surface area contributed by atoms with Gasteiger partial charge in [-0.2, -0.15) is 5.10 Å². The maximum Gasteiger partial charge on any atom is 0.241 e. The third-order valence-electron chi connectivity index (χ3n) is 4.08. The lowest BCUT2D eigenvalue weighted by Crippen LogP contribution is -2.28. The van der Waals surface area contributed by atoms with Crippen molar-refractivity contribution >= 4 is 34.1 Å². The minimum atomic E-state index is -0.391. The summed E-state index contributed by atoms with van der Waals surface area (Å²) in [7, 11) is 0. The van der Waals surface area contributed by atoms with Crippen molar-refractivity contribution in [3.8, 4) is 0 Å². The molecule has 0 unspecified atom stereocenters. The Kier molecular flexibility index (Phi) is 3.90. The van der Waals surface area contributed by atoms with Crippen LogP contribution in [0, 0.1) is 0 Å². The summed E-state index contributed by atoms with van der Waals surface area (Å²) in [6.07, 6.45) is 5.92. The number of nitrogens with zero attached hydrogens (tertiary/aromatic N) is 3. The fraction of sp³-hybridized carbons (Fsp3) is 0.222. The van der Waals surface area contributed by atoms with Gasteiger partial charge in [0.05, 0.1) is 5.71 Å². The van der Waals surface area contributed by atoms with Crippen LogP contribution in [-0.2, 0) is 4.79 Å². The van der Waals surface area contributed by atoms with Crippen molar-refractivity contribution in [3.63, 3.8) is 0 Å². The summed E-state index contributed by atoms with van der Waals surface area (Å²) in [6.45, 7) is 0. The molecule has 1 amide bonds. The monoisotopic (exact) mass is 336 g/mol. The second-order valence-electron chi connectivity index (χ2n) is 5.87. The van der Waals surface area contributed by atoms with Crippen molar-refractivity contribution in [1.82, 2.24) is 4.98 Å². The highest BCUT2D eigenvalue weighted by Gasteiger charge is 2.52. The van der Waals surface area contributed by atoms with Crippen LogP contribution < -0.4 is 5.32 Å². The van der Waals surface area contributed by atoms with Crippen LogP contribution in [0.2, 0.25) is 0 Å². The second kappa shape index (κ2) is 6.20. The molecule has 2 aliphatic rings. The van der Waals surface area contributed by atoms with Crippen molar-refractivity contribution in [3.05, 3.63) is 60.4 Å². The number of carbonyl (C=O) groups excluding carboxylic acids is 1. The van der Waals surface area contributed by atoms with Crippen LogP contribution in [0.25, 0.3) is 0 Å². The average Bonchev–Trinajstić information content (AvgIpc) is 3.26. The molecule has 1 aliphatic carbocycles. The molecular formula is C18H16N4OS. The molecule has 24 heavy (non-hydrogen) atoms. The number of hydrogen-bond acceptors (Lipinski definition) is 5. The SMILES string of the molecule is O=C(Nc1ccccc1)C1(SC2=NN=C(c3ccncc3)C2)CC1. The molecule has 1 aromatic carbocycles. The normalized spacial score (nSPS) is 17.8. The molecule has 1 fully saturated rings. The van der Waals surface area contributed by atoms with Crippen molar-refractivity contribution < 1.29 is 4.79 Å². The molecule has 0 bridgehead atoms. The first kappa shape index (κ1) is 15.1. The summed E-state index contributed by atoms with van der Waals surface area (Å²) >= 11 is 1.55. The fourth-order valence-electron chi connectivity index (χ4n) is 2.57. The van der Waals surface area contributed by atoms with E-state index in [4.69, 9.17) is 0 Å². The number of pyridine rings is 1. The Morgan fingerprint density at radius 1 is 1.04 bits per heavy atom. The molecule has 1 aromatic heterocycles. The lowest BCUT2D eigenvalue weighted by Gasteiger charge is -2.14. The summed E-state index contributed by atoms with van der Waals surface area (Å²) in [4.78, 5) is 16.6. The Labute approximate surface area is 144 Å².